The molecule has 1 amide bonds. The van der Waals surface area contributed by atoms with Gasteiger partial charge in [0, 0.05) is 11.6 Å². The van der Waals surface area contributed by atoms with Gasteiger partial charge in [-0.3, -0.25) is 4.79 Å². The number of hydrogen-bond acceptors (Lipinski definition) is 5. The molecule has 1 aromatic carbocycles. The molecule has 1 aromatic rings. The summed E-state index contributed by atoms with van der Waals surface area (Å²) in [6.07, 6.45) is 0. The number of aromatic hydroxyl groups is 2. The van der Waals surface area contributed by atoms with Crippen molar-refractivity contribution in [3.8, 4) is 11.5 Å². The molecule has 0 atom stereocenters. The van der Waals surface area contributed by atoms with Gasteiger partial charge in [-0.2, -0.15) is 0 Å². The highest BCUT2D eigenvalue weighted by atomic mass is 32.1. The Hall–Kier alpha value is -1.86. The van der Waals surface area contributed by atoms with E-state index in [2.05, 4.69) is 12.2 Å². The summed E-state index contributed by atoms with van der Waals surface area (Å²) in [6, 6.07) is 3.36. The number of hydrazine groups is 1. The molecule has 0 saturated heterocycles. The first kappa shape index (κ1) is 11.2. The SMILES string of the molecule is NC(=S)N(N)C(=O)c1cc(O)cc(O)c1. The Bertz CT molecular complexity index is 401. The fourth-order valence-corrected chi connectivity index (χ4v) is 1.04. The van der Waals surface area contributed by atoms with Crippen molar-refractivity contribution in [1.82, 2.24) is 5.01 Å². The molecule has 0 aliphatic heterocycles. The molecule has 0 bridgehead atoms. The first-order valence-electron chi connectivity index (χ1n) is 3.83. The van der Waals surface area contributed by atoms with Gasteiger partial charge in [0.25, 0.3) is 5.91 Å². The quantitative estimate of drug-likeness (QED) is 0.226. The van der Waals surface area contributed by atoms with Gasteiger partial charge in [0.2, 0.25) is 0 Å². The second-order valence-corrected chi connectivity index (χ2v) is 3.17. The molecule has 7 heteroatoms. The first-order chi connectivity index (χ1) is 6.91. The molecule has 80 valence electrons. The number of thiocarbonyl (C=S) groups is 1. The second kappa shape index (κ2) is 4.11. The van der Waals surface area contributed by atoms with Crippen molar-refractivity contribution >= 4 is 23.2 Å². The van der Waals surface area contributed by atoms with Crippen LogP contribution in [0.15, 0.2) is 18.2 Å². The summed E-state index contributed by atoms with van der Waals surface area (Å²) >= 11 is 4.49. The summed E-state index contributed by atoms with van der Waals surface area (Å²) in [5.41, 5.74) is 5.13. The topological polar surface area (TPSA) is 113 Å². The molecule has 15 heavy (non-hydrogen) atoms. The lowest BCUT2D eigenvalue weighted by atomic mass is 10.2. The van der Waals surface area contributed by atoms with Crippen LogP contribution in [0.25, 0.3) is 0 Å². The predicted molar refractivity (Wildman–Crippen MR) is 56.9 cm³/mol. The van der Waals surface area contributed by atoms with E-state index in [0.717, 1.165) is 18.2 Å². The maximum atomic E-state index is 11.5. The van der Waals surface area contributed by atoms with Crippen LogP contribution in [0, 0.1) is 0 Å². The maximum absolute atomic E-state index is 11.5. The predicted octanol–water partition coefficient (Wildman–Crippen LogP) is -0.343. The lowest BCUT2D eigenvalue weighted by Crippen LogP contribution is -2.45. The number of phenolic OH excluding ortho intramolecular Hbond substituents is 2. The third-order valence-electron chi connectivity index (χ3n) is 1.61. The molecule has 0 aromatic heterocycles. The third kappa shape index (κ3) is 2.55. The molecule has 0 aliphatic carbocycles. The molecular formula is C8H9N3O3S. The fraction of sp³-hybridized carbons (Fsp3) is 0. The Labute approximate surface area is 90.7 Å². The van der Waals surface area contributed by atoms with Gasteiger partial charge in [-0.25, -0.2) is 10.9 Å². The number of nitrogens with zero attached hydrogens (tertiary/aromatic N) is 1. The fourth-order valence-electron chi connectivity index (χ4n) is 0.958. The van der Waals surface area contributed by atoms with E-state index in [1.165, 1.54) is 0 Å². The first-order valence-corrected chi connectivity index (χ1v) is 4.24. The second-order valence-electron chi connectivity index (χ2n) is 2.75. The van der Waals surface area contributed by atoms with Crippen LogP contribution < -0.4 is 11.6 Å². The summed E-state index contributed by atoms with van der Waals surface area (Å²) < 4.78 is 0. The van der Waals surface area contributed by atoms with E-state index in [4.69, 9.17) is 21.8 Å². The lowest BCUT2D eigenvalue weighted by Gasteiger charge is -2.14. The highest BCUT2D eigenvalue weighted by Gasteiger charge is 2.15. The Balaban J connectivity index is 3.06. The number of amides is 1. The molecule has 0 heterocycles. The van der Waals surface area contributed by atoms with Crippen molar-refractivity contribution in [1.29, 1.82) is 0 Å². The van der Waals surface area contributed by atoms with Crippen LogP contribution in [0.2, 0.25) is 0 Å². The van der Waals surface area contributed by atoms with E-state index in [1.54, 1.807) is 0 Å². The number of phenols is 2. The number of carbonyl (C=O) groups is 1. The summed E-state index contributed by atoms with van der Waals surface area (Å²) in [5.74, 6) is 4.02. The standard InChI is InChI=1S/C8H9N3O3S/c9-8(15)11(10)7(14)4-1-5(12)3-6(13)2-4/h1-3,12-13H,10H2,(H2,9,15). The van der Waals surface area contributed by atoms with Gasteiger partial charge < -0.3 is 15.9 Å². The number of nitrogens with two attached hydrogens (primary N) is 2. The third-order valence-corrected chi connectivity index (χ3v) is 1.80. The van der Waals surface area contributed by atoms with Crippen LogP contribution in [-0.2, 0) is 0 Å². The molecule has 1 rings (SSSR count). The lowest BCUT2D eigenvalue weighted by molar-refractivity contribution is 0.0847. The largest absolute Gasteiger partial charge is 0.508 e. The molecule has 6 N–H and O–H groups in total. The highest BCUT2D eigenvalue weighted by molar-refractivity contribution is 7.80. The highest BCUT2D eigenvalue weighted by Crippen LogP contribution is 2.20. The Morgan fingerprint density at radius 1 is 1.27 bits per heavy atom. The van der Waals surface area contributed by atoms with E-state index in [1.807, 2.05) is 0 Å². The normalized spacial score (nSPS) is 9.67. The zero-order valence-electron chi connectivity index (χ0n) is 7.54. The van der Waals surface area contributed by atoms with E-state index in [0.29, 0.717) is 5.01 Å². The van der Waals surface area contributed by atoms with Gasteiger partial charge in [0.05, 0.1) is 0 Å². The van der Waals surface area contributed by atoms with Crippen LogP contribution in [0.4, 0.5) is 0 Å². The summed E-state index contributed by atoms with van der Waals surface area (Å²) in [5, 5.41) is 18.5. The summed E-state index contributed by atoms with van der Waals surface area (Å²) in [4.78, 5) is 11.5. The van der Waals surface area contributed by atoms with Gasteiger partial charge in [-0.15, -0.1) is 0 Å². The Kier molecular flexibility index (Phi) is 3.08. The van der Waals surface area contributed by atoms with Crippen LogP contribution in [0.3, 0.4) is 0 Å². The molecule has 0 spiro atoms. The van der Waals surface area contributed by atoms with Crippen LogP contribution in [-0.4, -0.2) is 26.2 Å². The molecule has 0 radical (unpaired) electrons. The molecule has 6 nitrogen and oxygen atoms in total. The van der Waals surface area contributed by atoms with Crippen molar-refractivity contribution in [2.45, 2.75) is 0 Å². The van der Waals surface area contributed by atoms with Gasteiger partial charge in [-0.05, 0) is 24.4 Å². The summed E-state index contributed by atoms with van der Waals surface area (Å²) in [6.45, 7) is 0. The number of carbonyl (C=O) groups excluding carboxylic acids is 1. The molecule has 0 aliphatic rings. The smallest absolute Gasteiger partial charge is 0.274 e. The van der Waals surface area contributed by atoms with E-state index < -0.39 is 5.91 Å². The molecule has 0 saturated carbocycles. The minimum Gasteiger partial charge on any atom is -0.508 e. The van der Waals surface area contributed by atoms with Crippen LogP contribution >= 0.6 is 12.2 Å². The Morgan fingerprint density at radius 3 is 2.13 bits per heavy atom. The van der Waals surface area contributed by atoms with E-state index in [9.17, 15) is 4.79 Å². The molecule has 0 unspecified atom stereocenters. The average Bonchev–Trinajstić information content (AvgIpc) is 2.13. The van der Waals surface area contributed by atoms with Crippen molar-refractivity contribution in [2.75, 3.05) is 0 Å². The molecular weight excluding hydrogens is 218 g/mol. The van der Waals surface area contributed by atoms with Crippen molar-refractivity contribution < 1.29 is 15.0 Å². The van der Waals surface area contributed by atoms with E-state index >= 15 is 0 Å². The Morgan fingerprint density at radius 2 is 1.73 bits per heavy atom. The van der Waals surface area contributed by atoms with Gasteiger partial charge in [0.15, 0.2) is 5.11 Å². The zero-order valence-corrected chi connectivity index (χ0v) is 8.36. The minimum atomic E-state index is -0.714. The van der Waals surface area contributed by atoms with Gasteiger partial charge >= 0.3 is 0 Å². The number of benzene rings is 1. The number of hydrogen-bond donors (Lipinski definition) is 4. The number of rotatable bonds is 1. The van der Waals surface area contributed by atoms with Crippen LogP contribution in [0.1, 0.15) is 10.4 Å². The monoisotopic (exact) mass is 227 g/mol. The zero-order chi connectivity index (χ0) is 11.6. The maximum Gasteiger partial charge on any atom is 0.274 e. The van der Waals surface area contributed by atoms with Crippen LogP contribution in [0.5, 0.6) is 11.5 Å². The van der Waals surface area contributed by atoms with Crippen molar-refractivity contribution in [3.05, 3.63) is 23.8 Å². The van der Waals surface area contributed by atoms with E-state index in [-0.39, 0.29) is 22.2 Å². The minimum absolute atomic E-state index is 0.0113. The van der Waals surface area contributed by atoms with Gasteiger partial charge in [-0.1, -0.05) is 0 Å². The summed E-state index contributed by atoms with van der Waals surface area (Å²) in [7, 11) is 0. The van der Waals surface area contributed by atoms with Gasteiger partial charge in [0.1, 0.15) is 11.5 Å². The molecule has 0 fully saturated rings. The average molecular weight is 227 g/mol. The van der Waals surface area contributed by atoms with Crippen molar-refractivity contribution in [2.24, 2.45) is 11.6 Å². The van der Waals surface area contributed by atoms with Crippen molar-refractivity contribution in [3.63, 3.8) is 0 Å².